The van der Waals surface area contributed by atoms with Crippen molar-refractivity contribution in [2.45, 2.75) is 6.61 Å². The molecule has 0 fully saturated rings. The Labute approximate surface area is 120 Å². The van der Waals surface area contributed by atoms with Gasteiger partial charge in [0.15, 0.2) is 0 Å². The Balaban J connectivity index is 2.17. The van der Waals surface area contributed by atoms with Crippen molar-refractivity contribution in [3.05, 3.63) is 64.4 Å². The SMILES string of the molecule is NNC(=O)c1ccc(F)c(COc2ccccc2Cl)c1. The lowest BCUT2D eigenvalue weighted by Gasteiger charge is -2.09. The quantitative estimate of drug-likeness (QED) is 0.518. The van der Waals surface area contributed by atoms with Gasteiger partial charge in [-0.3, -0.25) is 10.2 Å². The van der Waals surface area contributed by atoms with Crippen molar-refractivity contribution >= 4 is 17.5 Å². The van der Waals surface area contributed by atoms with E-state index < -0.39 is 11.7 Å². The molecule has 0 spiro atoms. The highest BCUT2D eigenvalue weighted by atomic mass is 35.5. The number of nitrogens with one attached hydrogen (secondary N) is 1. The number of halogens is 2. The van der Waals surface area contributed by atoms with Crippen molar-refractivity contribution in [1.82, 2.24) is 5.43 Å². The number of carbonyl (C=O) groups is 1. The topological polar surface area (TPSA) is 64.3 Å². The first-order valence-corrected chi connectivity index (χ1v) is 6.16. The lowest BCUT2D eigenvalue weighted by molar-refractivity contribution is 0.0953. The Morgan fingerprint density at radius 3 is 2.75 bits per heavy atom. The van der Waals surface area contributed by atoms with E-state index in [0.29, 0.717) is 10.8 Å². The van der Waals surface area contributed by atoms with Crippen LogP contribution in [0, 0.1) is 5.82 Å². The number of hydrogen-bond donors (Lipinski definition) is 2. The summed E-state index contributed by atoms with van der Waals surface area (Å²) in [6.45, 7) is -0.0404. The fraction of sp³-hybridized carbons (Fsp3) is 0.0714. The van der Waals surface area contributed by atoms with Crippen LogP contribution in [0.5, 0.6) is 5.75 Å². The van der Waals surface area contributed by atoms with Gasteiger partial charge in [0, 0.05) is 11.1 Å². The lowest BCUT2D eigenvalue weighted by atomic mass is 10.1. The summed E-state index contributed by atoms with van der Waals surface area (Å²) in [7, 11) is 0. The smallest absolute Gasteiger partial charge is 0.265 e. The van der Waals surface area contributed by atoms with Crippen molar-refractivity contribution in [3.8, 4) is 5.75 Å². The molecule has 4 nitrogen and oxygen atoms in total. The van der Waals surface area contributed by atoms with Gasteiger partial charge >= 0.3 is 0 Å². The largest absolute Gasteiger partial charge is 0.487 e. The number of amides is 1. The molecule has 0 bridgehead atoms. The highest BCUT2D eigenvalue weighted by Gasteiger charge is 2.10. The molecule has 0 heterocycles. The molecule has 2 rings (SSSR count). The van der Waals surface area contributed by atoms with Crippen LogP contribution in [-0.4, -0.2) is 5.91 Å². The summed E-state index contributed by atoms with van der Waals surface area (Å²) >= 11 is 5.94. The third-order valence-electron chi connectivity index (χ3n) is 2.66. The van der Waals surface area contributed by atoms with E-state index >= 15 is 0 Å². The molecular weight excluding hydrogens is 283 g/mol. The molecule has 0 atom stereocenters. The first-order valence-electron chi connectivity index (χ1n) is 5.78. The number of rotatable bonds is 4. The van der Waals surface area contributed by atoms with Gasteiger partial charge in [-0.2, -0.15) is 0 Å². The Hall–Kier alpha value is -2.11. The lowest BCUT2D eigenvalue weighted by Crippen LogP contribution is -2.30. The second-order valence-electron chi connectivity index (χ2n) is 4.00. The number of hydrogen-bond acceptors (Lipinski definition) is 3. The summed E-state index contributed by atoms with van der Waals surface area (Å²) in [5.74, 6) is 4.52. The molecule has 2 aromatic rings. The fourth-order valence-corrected chi connectivity index (χ4v) is 1.82. The van der Waals surface area contributed by atoms with Crippen molar-refractivity contribution in [2.75, 3.05) is 0 Å². The van der Waals surface area contributed by atoms with Crippen molar-refractivity contribution in [1.29, 1.82) is 0 Å². The first-order chi connectivity index (χ1) is 9.61. The van der Waals surface area contributed by atoms with Gasteiger partial charge in [-0.05, 0) is 30.3 Å². The van der Waals surface area contributed by atoms with Crippen LogP contribution in [0.2, 0.25) is 5.02 Å². The van der Waals surface area contributed by atoms with Crippen molar-refractivity contribution in [3.63, 3.8) is 0 Å². The minimum Gasteiger partial charge on any atom is -0.487 e. The molecule has 1 amide bonds. The number of nitrogen functional groups attached to an aromatic ring is 1. The van der Waals surface area contributed by atoms with Crippen LogP contribution in [0.3, 0.4) is 0 Å². The minimum absolute atomic E-state index is 0.0404. The average molecular weight is 295 g/mol. The van der Waals surface area contributed by atoms with Gasteiger partial charge in [0.2, 0.25) is 0 Å². The summed E-state index contributed by atoms with van der Waals surface area (Å²) in [4.78, 5) is 11.4. The molecule has 0 saturated carbocycles. The fourth-order valence-electron chi connectivity index (χ4n) is 1.63. The summed E-state index contributed by atoms with van der Waals surface area (Å²) in [5, 5.41) is 0.434. The van der Waals surface area contributed by atoms with Crippen LogP contribution in [0.1, 0.15) is 15.9 Å². The van der Waals surface area contributed by atoms with E-state index in [1.165, 1.54) is 18.2 Å². The van der Waals surface area contributed by atoms with Crippen LogP contribution >= 0.6 is 11.6 Å². The van der Waals surface area contributed by atoms with Gasteiger partial charge in [0.05, 0.1) is 5.02 Å². The number of ether oxygens (including phenoxy) is 1. The maximum Gasteiger partial charge on any atom is 0.265 e. The van der Waals surface area contributed by atoms with Gasteiger partial charge in [-0.25, -0.2) is 10.2 Å². The maximum atomic E-state index is 13.7. The number of benzene rings is 2. The molecule has 0 radical (unpaired) electrons. The molecule has 3 N–H and O–H groups in total. The van der Waals surface area contributed by atoms with Crippen LogP contribution in [-0.2, 0) is 6.61 Å². The third kappa shape index (κ3) is 3.26. The standard InChI is InChI=1S/C14H12ClFN2O2/c15-11-3-1-2-4-13(11)20-8-10-7-9(14(19)18-17)5-6-12(10)16/h1-7H,8,17H2,(H,18,19). The van der Waals surface area contributed by atoms with Crippen molar-refractivity contribution in [2.24, 2.45) is 5.84 Å². The van der Waals surface area contributed by atoms with Crippen LogP contribution in [0.25, 0.3) is 0 Å². The van der Waals surface area contributed by atoms with Gasteiger partial charge in [-0.15, -0.1) is 0 Å². The zero-order valence-corrected chi connectivity index (χ0v) is 11.2. The second-order valence-corrected chi connectivity index (χ2v) is 4.41. The predicted octanol–water partition coefficient (Wildman–Crippen LogP) is 2.66. The first kappa shape index (κ1) is 14.3. The van der Waals surface area contributed by atoms with E-state index in [0.717, 1.165) is 0 Å². The Morgan fingerprint density at radius 2 is 2.05 bits per heavy atom. The number of carbonyl (C=O) groups excluding carboxylic acids is 1. The third-order valence-corrected chi connectivity index (χ3v) is 2.97. The minimum atomic E-state index is -0.496. The molecule has 0 aliphatic rings. The van der Waals surface area contributed by atoms with E-state index in [1.807, 2.05) is 5.43 Å². The van der Waals surface area contributed by atoms with Crippen LogP contribution in [0.4, 0.5) is 4.39 Å². The highest BCUT2D eigenvalue weighted by Crippen LogP contribution is 2.24. The Bertz CT molecular complexity index is 634. The zero-order chi connectivity index (χ0) is 14.5. The molecule has 0 aromatic heterocycles. The summed E-state index contributed by atoms with van der Waals surface area (Å²) in [6.07, 6.45) is 0. The van der Waals surface area contributed by atoms with E-state index in [2.05, 4.69) is 0 Å². The van der Waals surface area contributed by atoms with Crippen LogP contribution in [0.15, 0.2) is 42.5 Å². The Morgan fingerprint density at radius 1 is 1.30 bits per heavy atom. The predicted molar refractivity (Wildman–Crippen MR) is 73.8 cm³/mol. The van der Waals surface area contributed by atoms with Gasteiger partial charge < -0.3 is 4.74 Å². The van der Waals surface area contributed by atoms with E-state index in [1.54, 1.807) is 24.3 Å². The number of para-hydroxylation sites is 1. The summed E-state index contributed by atoms with van der Waals surface area (Å²) in [6, 6.07) is 10.8. The number of nitrogens with two attached hydrogens (primary N) is 1. The monoisotopic (exact) mass is 294 g/mol. The van der Waals surface area contributed by atoms with E-state index in [4.69, 9.17) is 22.2 Å². The molecule has 20 heavy (non-hydrogen) atoms. The summed E-state index contributed by atoms with van der Waals surface area (Å²) in [5.41, 5.74) is 2.49. The van der Waals surface area contributed by atoms with Crippen LogP contribution < -0.4 is 16.0 Å². The second kappa shape index (κ2) is 6.36. The Kier molecular flexibility index (Phi) is 4.55. The highest BCUT2D eigenvalue weighted by molar-refractivity contribution is 6.32. The molecule has 0 unspecified atom stereocenters. The van der Waals surface area contributed by atoms with Gasteiger partial charge in [-0.1, -0.05) is 23.7 Å². The van der Waals surface area contributed by atoms with E-state index in [9.17, 15) is 9.18 Å². The number of hydrazine groups is 1. The van der Waals surface area contributed by atoms with Gasteiger partial charge in [0.25, 0.3) is 5.91 Å². The zero-order valence-electron chi connectivity index (χ0n) is 10.4. The normalized spacial score (nSPS) is 10.2. The van der Waals surface area contributed by atoms with E-state index in [-0.39, 0.29) is 17.7 Å². The van der Waals surface area contributed by atoms with Gasteiger partial charge in [0.1, 0.15) is 18.2 Å². The van der Waals surface area contributed by atoms with Crippen molar-refractivity contribution < 1.29 is 13.9 Å². The summed E-state index contributed by atoms with van der Waals surface area (Å²) < 4.78 is 19.1. The molecule has 2 aromatic carbocycles. The molecule has 0 saturated heterocycles. The average Bonchev–Trinajstić information content (AvgIpc) is 2.47. The molecule has 0 aliphatic carbocycles. The maximum absolute atomic E-state index is 13.7. The molecule has 6 heteroatoms. The molecule has 0 aliphatic heterocycles. The molecule has 104 valence electrons. The molecular formula is C14H12ClFN2O2.